The first kappa shape index (κ1) is 16.1. The van der Waals surface area contributed by atoms with Crippen LogP contribution in [0, 0.1) is 5.92 Å². The van der Waals surface area contributed by atoms with Crippen molar-refractivity contribution in [3.05, 3.63) is 35.2 Å². The van der Waals surface area contributed by atoms with Crippen molar-refractivity contribution in [2.75, 3.05) is 19.7 Å². The highest BCUT2D eigenvalue weighted by molar-refractivity contribution is 7.17. The van der Waals surface area contributed by atoms with Crippen molar-refractivity contribution in [2.45, 2.75) is 37.8 Å². The third kappa shape index (κ3) is 3.08. The van der Waals surface area contributed by atoms with E-state index in [1.54, 1.807) is 11.3 Å². The van der Waals surface area contributed by atoms with E-state index in [9.17, 15) is 4.79 Å². The molecule has 2 unspecified atom stereocenters. The molecule has 2 aromatic rings. The van der Waals surface area contributed by atoms with Gasteiger partial charge in [-0.25, -0.2) is 0 Å². The molecule has 24 heavy (non-hydrogen) atoms. The molecular formula is C19H24N2O2S. The van der Waals surface area contributed by atoms with Crippen molar-refractivity contribution in [1.82, 2.24) is 4.90 Å². The standard InChI is InChI=1S/C19H24N2O2S/c20-14-7-10-23-17(11-14)13-5-8-21(9-6-13)19(22)16-12-24-18-4-2-1-3-15(16)18/h1-4,12-14,17H,5-11,20H2. The van der Waals surface area contributed by atoms with Crippen LogP contribution >= 0.6 is 11.3 Å². The van der Waals surface area contributed by atoms with Crippen LogP contribution in [-0.2, 0) is 4.74 Å². The summed E-state index contributed by atoms with van der Waals surface area (Å²) in [6.45, 7) is 2.43. The predicted molar refractivity (Wildman–Crippen MR) is 97.4 cm³/mol. The van der Waals surface area contributed by atoms with Crippen molar-refractivity contribution in [2.24, 2.45) is 11.7 Å². The third-order valence-electron chi connectivity index (χ3n) is 5.42. The van der Waals surface area contributed by atoms with Crippen LogP contribution in [0.2, 0.25) is 0 Å². The maximum Gasteiger partial charge on any atom is 0.255 e. The first-order valence-electron chi connectivity index (χ1n) is 8.85. The minimum absolute atomic E-state index is 0.173. The molecule has 128 valence electrons. The zero-order valence-corrected chi connectivity index (χ0v) is 14.6. The second-order valence-corrected chi connectivity index (χ2v) is 7.88. The number of carbonyl (C=O) groups excluding carboxylic acids is 1. The van der Waals surface area contributed by atoms with E-state index in [0.29, 0.717) is 5.92 Å². The summed E-state index contributed by atoms with van der Waals surface area (Å²) in [7, 11) is 0. The van der Waals surface area contributed by atoms with Gasteiger partial charge in [0.2, 0.25) is 0 Å². The third-order valence-corrected chi connectivity index (χ3v) is 6.38. The number of hydrogen-bond acceptors (Lipinski definition) is 4. The smallest absolute Gasteiger partial charge is 0.255 e. The second-order valence-electron chi connectivity index (χ2n) is 6.97. The molecular weight excluding hydrogens is 320 g/mol. The van der Waals surface area contributed by atoms with E-state index in [0.717, 1.165) is 56.3 Å². The van der Waals surface area contributed by atoms with Gasteiger partial charge < -0.3 is 15.4 Å². The summed E-state index contributed by atoms with van der Waals surface area (Å²) in [6.07, 6.45) is 4.26. The van der Waals surface area contributed by atoms with Crippen molar-refractivity contribution in [1.29, 1.82) is 0 Å². The highest BCUT2D eigenvalue weighted by Gasteiger charge is 2.32. The number of amides is 1. The predicted octanol–water partition coefficient (Wildman–Crippen LogP) is 3.26. The number of nitrogens with two attached hydrogens (primary N) is 1. The van der Waals surface area contributed by atoms with Crippen molar-refractivity contribution in [3.8, 4) is 0 Å². The van der Waals surface area contributed by atoms with E-state index in [2.05, 4.69) is 6.07 Å². The molecule has 4 nitrogen and oxygen atoms in total. The van der Waals surface area contributed by atoms with Gasteiger partial charge in [0, 0.05) is 41.2 Å². The Morgan fingerprint density at radius 2 is 2.00 bits per heavy atom. The molecule has 2 N–H and O–H groups in total. The summed E-state index contributed by atoms with van der Waals surface area (Å²) in [5.74, 6) is 0.715. The topological polar surface area (TPSA) is 55.6 Å². The Kier molecular flexibility index (Phi) is 4.57. The van der Waals surface area contributed by atoms with E-state index in [1.165, 1.54) is 4.70 Å². The molecule has 0 bridgehead atoms. The molecule has 1 amide bonds. The Labute approximate surface area is 146 Å². The number of piperidine rings is 1. The van der Waals surface area contributed by atoms with Gasteiger partial charge >= 0.3 is 0 Å². The van der Waals surface area contributed by atoms with E-state index in [4.69, 9.17) is 10.5 Å². The number of likely N-dealkylation sites (tertiary alicyclic amines) is 1. The molecule has 2 saturated heterocycles. The lowest BCUT2D eigenvalue weighted by atomic mass is 9.86. The number of carbonyl (C=O) groups is 1. The zero-order chi connectivity index (χ0) is 16.5. The van der Waals surface area contributed by atoms with Gasteiger partial charge in [0.05, 0.1) is 11.7 Å². The normalized spacial score (nSPS) is 26.0. The maximum absolute atomic E-state index is 12.9. The summed E-state index contributed by atoms with van der Waals surface area (Å²) in [5.41, 5.74) is 6.93. The van der Waals surface area contributed by atoms with Gasteiger partial charge in [-0.15, -0.1) is 11.3 Å². The van der Waals surface area contributed by atoms with Gasteiger partial charge in [0.1, 0.15) is 0 Å². The molecule has 0 aliphatic carbocycles. The molecule has 2 aliphatic rings. The Morgan fingerprint density at radius 3 is 2.79 bits per heavy atom. The number of ether oxygens (including phenoxy) is 1. The number of thiophene rings is 1. The SMILES string of the molecule is NC1CCOC(C2CCN(C(=O)c3csc4ccccc34)CC2)C1. The molecule has 2 atom stereocenters. The summed E-state index contributed by atoms with van der Waals surface area (Å²) in [4.78, 5) is 14.9. The molecule has 3 heterocycles. The fourth-order valence-corrected chi connectivity index (χ4v) is 4.91. The summed E-state index contributed by atoms with van der Waals surface area (Å²) >= 11 is 1.65. The van der Waals surface area contributed by atoms with Crippen LogP contribution in [-0.4, -0.2) is 42.6 Å². The first-order valence-corrected chi connectivity index (χ1v) is 9.73. The highest BCUT2D eigenvalue weighted by atomic mass is 32.1. The van der Waals surface area contributed by atoms with Crippen LogP contribution in [0.5, 0.6) is 0 Å². The number of fused-ring (bicyclic) bond motifs is 1. The molecule has 1 aromatic carbocycles. The fourth-order valence-electron chi connectivity index (χ4n) is 3.97. The van der Waals surface area contributed by atoms with Crippen LogP contribution in [0.3, 0.4) is 0 Å². The van der Waals surface area contributed by atoms with E-state index in [1.807, 2.05) is 28.5 Å². The molecule has 1 aromatic heterocycles. The lowest BCUT2D eigenvalue weighted by Crippen LogP contribution is -2.45. The molecule has 2 aliphatic heterocycles. The van der Waals surface area contributed by atoms with Crippen LogP contribution < -0.4 is 5.73 Å². The summed E-state index contributed by atoms with van der Waals surface area (Å²) < 4.78 is 7.11. The monoisotopic (exact) mass is 344 g/mol. The van der Waals surface area contributed by atoms with Gasteiger partial charge in [-0.2, -0.15) is 0 Å². The van der Waals surface area contributed by atoms with Gasteiger partial charge in [-0.05, 0) is 37.7 Å². The minimum atomic E-state index is 0.173. The average Bonchev–Trinajstić information content (AvgIpc) is 3.05. The van der Waals surface area contributed by atoms with Gasteiger partial charge in [0.25, 0.3) is 5.91 Å². The molecule has 0 radical (unpaired) electrons. The maximum atomic E-state index is 12.9. The lowest BCUT2D eigenvalue weighted by molar-refractivity contribution is -0.0419. The Balaban J connectivity index is 1.41. The second kappa shape index (κ2) is 6.82. The number of benzene rings is 1. The first-order chi connectivity index (χ1) is 11.7. The molecule has 0 saturated carbocycles. The van der Waals surface area contributed by atoms with Crippen molar-refractivity contribution < 1.29 is 9.53 Å². The van der Waals surface area contributed by atoms with Crippen LogP contribution in [0.4, 0.5) is 0 Å². The lowest BCUT2D eigenvalue weighted by Gasteiger charge is -2.38. The number of rotatable bonds is 2. The fraction of sp³-hybridized carbons (Fsp3) is 0.526. The van der Waals surface area contributed by atoms with E-state index >= 15 is 0 Å². The number of nitrogens with zero attached hydrogens (tertiary/aromatic N) is 1. The van der Waals surface area contributed by atoms with Gasteiger partial charge in [0.15, 0.2) is 0 Å². The van der Waals surface area contributed by atoms with E-state index < -0.39 is 0 Å². The van der Waals surface area contributed by atoms with Crippen LogP contribution in [0.25, 0.3) is 10.1 Å². The largest absolute Gasteiger partial charge is 0.378 e. The molecule has 4 rings (SSSR count). The van der Waals surface area contributed by atoms with Crippen LogP contribution in [0.15, 0.2) is 29.6 Å². The molecule has 2 fully saturated rings. The minimum Gasteiger partial charge on any atom is -0.378 e. The zero-order valence-electron chi connectivity index (χ0n) is 13.8. The summed E-state index contributed by atoms with van der Waals surface area (Å²) in [6, 6.07) is 8.42. The quantitative estimate of drug-likeness (QED) is 0.910. The van der Waals surface area contributed by atoms with Gasteiger partial charge in [-0.1, -0.05) is 18.2 Å². The van der Waals surface area contributed by atoms with Crippen molar-refractivity contribution in [3.63, 3.8) is 0 Å². The Morgan fingerprint density at radius 1 is 1.21 bits per heavy atom. The Bertz CT molecular complexity index is 721. The average molecular weight is 344 g/mol. The van der Waals surface area contributed by atoms with E-state index in [-0.39, 0.29) is 18.1 Å². The number of hydrogen-bond donors (Lipinski definition) is 1. The summed E-state index contributed by atoms with van der Waals surface area (Å²) in [5, 5.41) is 3.08. The molecule has 0 spiro atoms. The van der Waals surface area contributed by atoms with Gasteiger partial charge in [-0.3, -0.25) is 4.79 Å². The highest BCUT2D eigenvalue weighted by Crippen LogP contribution is 2.31. The van der Waals surface area contributed by atoms with Crippen LogP contribution in [0.1, 0.15) is 36.0 Å². The molecule has 5 heteroatoms. The van der Waals surface area contributed by atoms with Crippen molar-refractivity contribution >= 4 is 27.3 Å². The Hall–Kier alpha value is -1.43.